The van der Waals surface area contributed by atoms with Crippen LogP contribution in [0.15, 0.2) is 29.8 Å². The van der Waals surface area contributed by atoms with Gasteiger partial charge in [-0.2, -0.15) is 0 Å². The molecule has 5 rings (SSSR count). The molecule has 1 N–H and O–H groups in total. The molecule has 0 radical (unpaired) electrons. The number of allylic oxidation sites excluding steroid dienone is 1. The van der Waals surface area contributed by atoms with Crippen molar-refractivity contribution >= 4 is 5.76 Å². The van der Waals surface area contributed by atoms with E-state index in [1.807, 2.05) is 0 Å². The summed E-state index contributed by atoms with van der Waals surface area (Å²) in [4.78, 5) is 0. The maximum atomic E-state index is 11.0. The van der Waals surface area contributed by atoms with Crippen molar-refractivity contribution in [2.24, 2.45) is 23.2 Å². The van der Waals surface area contributed by atoms with Crippen LogP contribution in [-0.4, -0.2) is 5.11 Å². The minimum Gasteiger partial charge on any atom is -0.507 e. The van der Waals surface area contributed by atoms with Crippen LogP contribution in [-0.2, 0) is 6.42 Å². The van der Waals surface area contributed by atoms with Gasteiger partial charge < -0.3 is 5.11 Å². The molecular formula is C20H24O. The van der Waals surface area contributed by atoms with E-state index >= 15 is 0 Å². The average molecular weight is 280 g/mol. The van der Waals surface area contributed by atoms with Gasteiger partial charge in [-0.05, 0) is 73.8 Å². The van der Waals surface area contributed by atoms with E-state index < -0.39 is 0 Å². The van der Waals surface area contributed by atoms with Gasteiger partial charge in [-0.25, -0.2) is 0 Å². The number of rotatable bonds is 1. The molecule has 0 aromatic heterocycles. The Hall–Kier alpha value is -1.24. The average Bonchev–Trinajstić information content (AvgIpc) is 3.20. The van der Waals surface area contributed by atoms with E-state index in [9.17, 15) is 5.11 Å². The van der Waals surface area contributed by atoms with Gasteiger partial charge in [0.05, 0.1) is 0 Å². The molecule has 0 saturated heterocycles. The van der Waals surface area contributed by atoms with E-state index in [2.05, 4.69) is 24.3 Å². The minimum atomic E-state index is 0.389. The van der Waals surface area contributed by atoms with Crippen molar-refractivity contribution in [3.63, 3.8) is 0 Å². The molecule has 0 heterocycles. The van der Waals surface area contributed by atoms with Gasteiger partial charge >= 0.3 is 0 Å². The molecule has 4 unspecified atom stereocenters. The maximum Gasteiger partial charge on any atom is 0.122 e. The SMILES string of the molecule is OC1=C(C23CCCC2C2CCC3C2)CCc2ccccc21. The second-order valence-corrected chi connectivity index (χ2v) is 7.79. The molecule has 0 aliphatic heterocycles. The fraction of sp³-hybridized carbons (Fsp3) is 0.600. The zero-order valence-corrected chi connectivity index (χ0v) is 12.6. The highest BCUT2D eigenvalue weighted by molar-refractivity contribution is 5.69. The van der Waals surface area contributed by atoms with Crippen molar-refractivity contribution in [2.75, 3.05) is 0 Å². The number of fused-ring (bicyclic) bond motifs is 6. The largest absolute Gasteiger partial charge is 0.507 e. The first-order valence-corrected chi connectivity index (χ1v) is 8.81. The summed E-state index contributed by atoms with van der Waals surface area (Å²) in [6.45, 7) is 0. The molecule has 3 fully saturated rings. The number of aliphatic hydroxyl groups is 1. The third-order valence-corrected chi connectivity index (χ3v) is 7.30. The van der Waals surface area contributed by atoms with E-state index in [-0.39, 0.29) is 0 Å². The normalized spacial score (nSPS) is 40.5. The summed E-state index contributed by atoms with van der Waals surface area (Å²) in [6, 6.07) is 8.48. The Balaban J connectivity index is 1.68. The predicted octanol–water partition coefficient (Wildman–Crippen LogP) is 5.12. The van der Waals surface area contributed by atoms with Gasteiger partial charge in [0.15, 0.2) is 0 Å². The Bertz CT molecular complexity index is 628. The fourth-order valence-corrected chi connectivity index (χ4v) is 6.65. The summed E-state index contributed by atoms with van der Waals surface area (Å²) in [5.74, 6) is 3.39. The first-order valence-electron chi connectivity index (χ1n) is 8.81. The molecule has 3 saturated carbocycles. The maximum absolute atomic E-state index is 11.0. The second kappa shape index (κ2) is 4.15. The number of aliphatic hydroxyl groups excluding tert-OH is 1. The first-order chi connectivity index (χ1) is 10.3. The van der Waals surface area contributed by atoms with E-state index in [1.54, 1.807) is 0 Å². The van der Waals surface area contributed by atoms with Crippen LogP contribution in [0.3, 0.4) is 0 Å². The van der Waals surface area contributed by atoms with Gasteiger partial charge in [-0.1, -0.05) is 30.7 Å². The Labute approximate surface area is 127 Å². The minimum absolute atomic E-state index is 0.389. The van der Waals surface area contributed by atoms with Crippen molar-refractivity contribution in [2.45, 2.75) is 51.4 Å². The Morgan fingerprint density at radius 3 is 2.90 bits per heavy atom. The molecule has 4 aliphatic rings. The second-order valence-electron chi connectivity index (χ2n) is 7.79. The van der Waals surface area contributed by atoms with Crippen LogP contribution in [0.5, 0.6) is 0 Å². The smallest absolute Gasteiger partial charge is 0.122 e. The highest BCUT2D eigenvalue weighted by Crippen LogP contribution is 2.70. The molecule has 21 heavy (non-hydrogen) atoms. The summed E-state index contributed by atoms with van der Waals surface area (Å²) >= 11 is 0. The van der Waals surface area contributed by atoms with Gasteiger partial charge in [0.2, 0.25) is 0 Å². The zero-order valence-electron chi connectivity index (χ0n) is 12.6. The predicted molar refractivity (Wildman–Crippen MR) is 84.9 cm³/mol. The highest BCUT2D eigenvalue weighted by Gasteiger charge is 2.61. The van der Waals surface area contributed by atoms with E-state index in [4.69, 9.17) is 0 Å². The quantitative estimate of drug-likeness (QED) is 0.757. The van der Waals surface area contributed by atoms with Gasteiger partial charge in [-0.15, -0.1) is 0 Å². The van der Waals surface area contributed by atoms with Crippen LogP contribution in [0.1, 0.15) is 56.1 Å². The van der Waals surface area contributed by atoms with Gasteiger partial charge in [-0.3, -0.25) is 0 Å². The topological polar surface area (TPSA) is 20.2 Å². The molecular weight excluding hydrogens is 256 g/mol. The molecule has 4 atom stereocenters. The monoisotopic (exact) mass is 280 g/mol. The lowest BCUT2D eigenvalue weighted by molar-refractivity contribution is 0.148. The van der Waals surface area contributed by atoms with Crippen LogP contribution in [0, 0.1) is 23.2 Å². The molecule has 2 bridgehead atoms. The molecule has 1 heteroatoms. The number of benzene rings is 1. The summed E-state index contributed by atoms with van der Waals surface area (Å²) in [5, 5.41) is 11.0. The lowest BCUT2D eigenvalue weighted by Crippen LogP contribution is -2.36. The van der Waals surface area contributed by atoms with Crippen LogP contribution in [0.4, 0.5) is 0 Å². The van der Waals surface area contributed by atoms with Crippen molar-refractivity contribution in [3.05, 3.63) is 41.0 Å². The van der Waals surface area contributed by atoms with Crippen LogP contribution >= 0.6 is 0 Å². The summed E-state index contributed by atoms with van der Waals surface area (Å²) in [7, 11) is 0. The van der Waals surface area contributed by atoms with Gasteiger partial charge in [0.1, 0.15) is 5.76 Å². The lowest BCUT2D eigenvalue weighted by atomic mass is 9.61. The molecule has 1 aromatic carbocycles. The Morgan fingerprint density at radius 2 is 1.95 bits per heavy atom. The molecule has 110 valence electrons. The third kappa shape index (κ3) is 1.43. The van der Waals surface area contributed by atoms with Gasteiger partial charge in [0.25, 0.3) is 0 Å². The van der Waals surface area contributed by atoms with E-state index in [0.717, 1.165) is 36.2 Å². The van der Waals surface area contributed by atoms with E-state index in [1.165, 1.54) is 49.7 Å². The van der Waals surface area contributed by atoms with Gasteiger partial charge in [0, 0.05) is 11.0 Å². The lowest BCUT2D eigenvalue weighted by Gasteiger charge is -2.43. The highest BCUT2D eigenvalue weighted by atomic mass is 16.3. The molecule has 0 amide bonds. The molecule has 1 nitrogen and oxygen atoms in total. The molecule has 1 aromatic rings. The van der Waals surface area contributed by atoms with Crippen LogP contribution < -0.4 is 0 Å². The number of hydrogen-bond donors (Lipinski definition) is 1. The van der Waals surface area contributed by atoms with Crippen LogP contribution in [0.2, 0.25) is 0 Å². The first kappa shape index (κ1) is 12.3. The summed E-state index contributed by atoms with van der Waals surface area (Å²) in [6.07, 6.45) is 10.7. The number of hydrogen-bond acceptors (Lipinski definition) is 1. The third-order valence-electron chi connectivity index (χ3n) is 7.30. The summed E-state index contributed by atoms with van der Waals surface area (Å²) < 4.78 is 0. The Morgan fingerprint density at radius 1 is 1.05 bits per heavy atom. The zero-order chi connectivity index (χ0) is 14.0. The van der Waals surface area contributed by atoms with E-state index in [0.29, 0.717) is 11.2 Å². The summed E-state index contributed by atoms with van der Waals surface area (Å²) in [5.41, 5.74) is 4.31. The van der Waals surface area contributed by atoms with Crippen LogP contribution in [0.25, 0.3) is 5.76 Å². The molecule has 0 spiro atoms. The van der Waals surface area contributed by atoms with Crippen molar-refractivity contribution < 1.29 is 5.11 Å². The standard InChI is InChI=1S/C20H24O/c21-19-16-5-2-1-4-13(16)8-10-18(19)20-11-3-6-17(20)14-7-9-15(20)12-14/h1-2,4-5,14-15,17,21H,3,6-12H2. The van der Waals surface area contributed by atoms with Crippen molar-refractivity contribution in [3.8, 4) is 0 Å². The Kier molecular flexibility index (Phi) is 2.43. The van der Waals surface area contributed by atoms with Crippen molar-refractivity contribution in [1.29, 1.82) is 0 Å². The van der Waals surface area contributed by atoms with Crippen molar-refractivity contribution in [1.82, 2.24) is 0 Å². The fourth-order valence-electron chi connectivity index (χ4n) is 6.65. The molecule has 4 aliphatic carbocycles. The number of aryl methyl sites for hydroxylation is 1.